The van der Waals surface area contributed by atoms with Crippen LogP contribution in [0.15, 0.2) is 41.4 Å². The first kappa shape index (κ1) is 20.7. The van der Waals surface area contributed by atoms with Gasteiger partial charge in [0.15, 0.2) is 11.5 Å². The van der Waals surface area contributed by atoms with Gasteiger partial charge in [0.05, 0.1) is 17.7 Å². The molecule has 2 aromatic carbocycles. The van der Waals surface area contributed by atoms with Gasteiger partial charge in [0.25, 0.3) is 5.91 Å². The topological polar surface area (TPSA) is 91.7 Å². The molecule has 164 valence electrons. The van der Waals surface area contributed by atoms with Gasteiger partial charge in [0.1, 0.15) is 5.82 Å². The highest BCUT2D eigenvalue weighted by Gasteiger charge is 2.66. The van der Waals surface area contributed by atoms with Crippen molar-refractivity contribution in [2.75, 3.05) is 14.2 Å². The van der Waals surface area contributed by atoms with E-state index in [-0.39, 0.29) is 23.8 Å². The molecule has 3 aliphatic rings. The minimum atomic E-state index is -1.16. The van der Waals surface area contributed by atoms with Gasteiger partial charge < -0.3 is 10.5 Å². The summed E-state index contributed by atoms with van der Waals surface area (Å²) < 4.78 is 20.9. The SMILES string of the molecule is COC1CCC2(CC1)Cc1cc(F)c(-c3cccc(C#N)c3)cc1C21N=C(N)N(C)C1=O. The molecule has 0 aromatic heterocycles. The molecule has 1 fully saturated rings. The van der Waals surface area contributed by atoms with Crippen molar-refractivity contribution in [1.82, 2.24) is 4.90 Å². The summed E-state index contributed by atoms with van der Waals surface area (Å²) in [5.41, 5.74) is 7.48. The summed E-state index contributed by atoms with van der Waals surface area (Å²) >= 11 is 0. The van der Waals surface area contributed by atoms with Crippen molar-refractivity contribution in [3.05, 3.63) is 58.9 Å². The second kappa shape index (κ2) is 7.14. The van der Waals surface area contributed by atoms with Crippen molar-refractivity contribution >= 4 is 11.9 Å². The van der Waals surface area contributed by atoms with Crippen LogP contribution < -0.4 is 5.73 Å². The van der Waals surface area contributed by atoms with Crippen LogP contribution in [0.2, 0.25) is 0 Å². The van der Waals surface area contributed by atoms with Crippen LogP contribution >= 0.6 is 0 Å². The van der Waals surface area contributed by atoms with Crippen LogP contribution in [-0.4, -0.2) is 37.0 Å². The Kier molecular flexibility index (Phi) is 4.61. The maximum Gasteiger partial charge on any atom is 0.262 e. The molecule has 1 amide bonds. The highest BCUT2D eigenvalue weighted by atomic mass is 19.1. The molecule has 2 aromatic rings. The van der Waals surface area contributed by atoms with Crippen LogP contribution in [0.3, 0.4) is 0 Å². The summed E-state index contributed by atoms with van der Waals surface area (Å²) in [5.74, 6) is -0.339. The zero-order valence-electron chi connectivity index (χ0n) is 18.2. The lowest BCUT2D eigenvalue weighted by atomic mass is 9.61. The number of carbonyl (C=O) groups excluding carboxylic acids is 1. The van der Waals surface area contributed by atoms with Crippen molar-refractivity contribution in [1.29, 1.82) is 5.26 Å². The number of nitrogens with zero attached hydrogens (tertiary/aromatic N) is 3. The standard InChI is InChI=1S/C25H25FN4O2/c1-30-22(31)25(29-23(30)28)20-12-19(16-5-3-4-15(10-16)14-27)21(26)11-17(20)13-24(25)8-6-18(32-2)7-9-24/h3-5,10-12,18H,6-9,13H2,1-2H3,(H2,28,29). The van der Waals surface area contributed by atoms with Gasteiger partial charge in [-0.25, -0.2) is 9.38 Å². The van der Waals surface area contributed by atoms with Crippen molar-refractivity contribution < 1.29 is 13.9 Å². The van der Waals surface area contributed by atoms with E-state index in [9.17, 15) is 10.1 Å². The van der Waals surface area contributed by atoms with Crippen LogP contribution in [0.1, 0.15) is 42.4 Å². The highest BCUT2D eigenvalue weighted by Crippen LogP contribution is 2.62. The number of benzene rings is 2. The second-order valence-corrected chi connectivity index (χ2v) is 9.12. The van der Waals surface area contributed by atoms with Crippen molar-refractivity contribution in [2.45, 2.75) is 43.7 Å². The molecule has 2 spiro atoms. The third-order valence-corrected chi connectivity index (χ3v) is 7.64. The van der Waals surface area contributed by atoms with E-state index < -0.39 is 11.0 Å². The van der Waals surface area contributed by atoms with Crippen molar-refractivity contribution in [3.63, 3.8) is 0 Å². The zero-order valence-corrected chi connectivity index (χ0v) is 18.2. The number of ether oxygens (including phenoxy) is 1. The van der Waals surface area contributed by atoms with E-state index in [1.54, 1.807) is 50.6 Å². The number of aliphatic imine (C=N–C) groups is 1. The van der Waals surface area contributed by atoms with Gasteiger partial charge in [-0.15, -0.1) is 0 Å². The number of fused-ring (bicyclic) bond motifs is 3. The normalized spacial score (nSPS) is 28.8. The molecular weight excluding hydrogens is 407 g/mol. The van der Waals surface area contributed by atoms with E-state index in [2.05, 4.69) is 6.07 Å². The molecule has 6 nitrogen and oxygen atoms in total. The molecule has 0 radical (unpaired) electrons. The molecule has 1 atom stereocenters. The monoisotopic (exact) mass is 432 g/mol. The molecule has 7 heteroatoms. The number of guanidine groups is 1. The average Bonchev–Trinajstić information content (AvgIpc) is 3.19. The lowest BCUT2D eigenvalue weighted by Gasteiger charge is -2.45. The zero-order chi connectivity index (χ0) is 22.7. The van der Waals surface area contributed by atoms with Crippen LogP contribution in [0, 0.1) is 22.6 Å². The number of likely N-dealkylation sites (N-methyl/N-ethyl adjacent to an activating group) is 1. The van der Waals surface area contributed by atoms with E-state index in [1.165, 1.54) is 4.90 Å². The largest absolute Gasteiger partial charge is 0.381 e. The Bertz CT molecular complexity index is 1190. The van der Waals surface area contributed by atoms with Crippen LogP contribution in [0.25, 0.3) is 11.1 Å². The number of halogens is 1. The van der Waals surface area contributed by atoms with Crippen molar-refractivity contribution in [3.8, 4) is 17.2 Å². The van der Waals surface area contributed by atoms with Crippen LogP contribution in [-0.2, 0) is 21.5 Å². The summed E-state index contributed by atoms with van der Waals surface area (Å²) in [6.45, 7) is 0. The fourth-order valence-electron chi connectivity index (χ4n) is 5.93. The van der Waals surface area contributed by atoms with E-state index in [0.717, 1.165) is 36.8 Å². The molecule has 2 aliphatic carbocycles. The average molecular weight is 432 g/mol. The third kappa shape index (κ3) is 2.66. The Morgan fingerprint density at radius 2 is 2.03 bits per heavy atom. The highest BCUT2D eigenvalue weighted by molar-refractivity contribution is 6.08. The molecule has 1 saturated carbocycles. The number of methoxy groups -OCH3 is 1. The molecule has 5 rings (SSSR count). The number of rotatable bonds is 2. The van der Waals surface area contributed by atoms with E-state index >= 15 is 4.39 Å². The molecular formula is C25H25FN4O2. The maximum absolute atomic E-state index is 15.3. The molecule has 0 saturated heterocycles. The summed E-state index contributed by atoms with van der Waals surface area (Å²) in [7, 11) is 3.35. The Labute approximate surface area is 186 Å². The summed E-state index contributed by atoms with van der Waals surface area (Å²) in [6, 6.07) is 12.2. The number of hydrogen-bond acceptors (Lipinski definition) is 5. The van der Waals surface area contributed by atoms with Crippen LogP contribution in [0.4, 0.5) is 4.39 Å². The predicted octanol–water partition coefficient (Wildman–Crippen LogP) is 3.48. The maximum atomic E-state index is 15.3. The first-order valence-electron chi connectivity index (χ1n) is 10.8. The van der Waals surface area contributed by atoms with E-state index in [4.69, 9.17) is 15.5 Å². The van der Waals surface area contributed by atoms with E-state index in [0.29, 0.717) is 23.1 Å². The Morgan fingerprint density at radius 3 is 2.66 bits per heavy atom. The van der Waals surface area contributed by atoms with Gasteiger partial charge in [-0.2, -0.15) is 5.26 Å². The summed E-state index contributed by atoms with van der Waals surface area (Å²) in [5, 5.41) is 9.27. The molecule has 1 unspecified atom stereocenters. The van der Waals surface area contributed by atoms with Gasteiger partial charge in [-0.1, -0.05) is 12.1 Å². The van der Waals surface area contributed by atoms with Gasteiger partial charge >= 0.3 is 0 Å². The number of hydrogen-bond donors (Lipinski definition) is 1. The van der Waals surface area contributed by atoms with Gasteiger partial charge in [0.2, 0.25) is 0 Å². The van der Waals surface area contributed by atoms with Gasteiger partial charge in [-0.05, 0) is 73.1 Å². The van der Waals surface area contributed by atoms with Gasteiger partial charge in [0, 0.05) is 25.1 Å². The first-order chi connectivity index (χ1) is 15.3. The molecule has 1 heterocycles. The summed E-state index contributed by atoms with van der Waals surface area (Å²) in [6.07, 6.45) is 3.86. The number of nitriles is 1. The Hall–Kier alpha value is -3.24. The van der Waals surface area contributed by atoms with E-state index in [1.807, 2.05) is 0 Å². The number of carbonyl (C=O) groups is 1. The molecule has 2 N–H and O–H groups in total. The smallest absolute Gasteiger partial charge is 0.262 e. The minimum Gasteiger partial charge on any atom is -0.381 e. The quantitative estimate of drug-likeness (QED) is 0.787. The molecule has 0 bridgehead atoms. The Balaban J connectivity index is 1.71. The van der Waals surface area contributed by atoms with Gasteiger partial charge in [-0.3, -0.25) is 9.69 Å². The fourth-order valence-corrected chi connectivity index (χ4v) is 5.93. The first-order valence-corrected chi connectivity index (χ1v) is 10.8. The second-order valence-electron chi connectivity index (χ2n) is 9.12. The van der Waals surface area contributed by atoms with Crippen molar-refractivity contribution in [2.24, 2.45) is 16.1 Å². The molecule has 1 aliphatic heterocycles. The number of nitrogens with two attached hydrogens (primary N) is 1. The third-order valence-electron chi connectivity index (χ3n) is 7.64. The predicted molar refractivity (Wildman–Crippen MR) is 118 cm³/mol. The lowest BCUT2D eigenvalue weighted by molar-refractivity contribution is -0.137. The number of amides is 1. The molecule has 32 heavy (non-hydrogen) atoms. The van der Waals surface area contributed by atoms with Crippen LogP contribution in [0.5, 0.6) is 0 Å². The fraction of sp³-hybridized carbons (Fsp3) is 0.400. The summed E-state index contributed by atoms with van der Waals surface area (Å²) in [4.78, 5) is 19.9. The lowest BCUT2D eigenvalue weighted by Crippen LogP contribution is -2.51. The minimum absolute atomic E-state index is 0.151. The Morgan fingerprint density at radius 1 is 1.28 bits per heavy atom.